The van der Waals surface area contributed by atoms with E-state index in [4.69, 9.17) is 5.73 Å². The fourth-order valence-corrected chi connectivity index (χ4v) is 2.71. The van der Waals surface area contributed by atoms with Gasteiger partial charge in [-0.1, -0.05) is 0 Å². The Morgan fingerprint density at radius 3 is 2.25 bits per heavy atom. The molecule has 20 heavy (non-hydrogen) atoms. The molecule has 1 heterocycles. The molecular formula is C16H25N3O. The summed E-state index contributed by atoms with van der Waals surface area (Å²) >= 11 is 0. The molecule has 1 aliphatic heterocycles. The Labute approximate surface area is 121 Å². The van der Waals surface area contributed by atoms with Crippen molar-refractivity contribution in [2.45, 2.75) is 25.8 Å². The van der Waals surface area contributed by atoms with Gasteiger partial charge in [-0.3, -0.25) is 4.79 Å². The molecule has 1 aromatic rings. The predicted octanol–water partition coefficient (Wildman–Crippen LogP) is 1.95. The molecule has 1 aliphatic rings. The molecule has 1 fully saturated rings. The summed E-state index contributed by atoms with van der Waals surface area (Å²) in [5, 5.41) is 0. The molecule has 1 saturated heterocycles. The maximum absolute atomic E-state index is 12.4. The van der Waals surface area contributed by atoms with Crippen molar-refractivity contribution in [1.82, 2.24) is 4.90 Å². The van der Waals surface area contributed by atoms with Crippen LogP contribution >= 0.6 is 0 Å². The lowest BCUT2D eigenvalue weighted by atomic mass is 9.90. The van der Waals surface area contributed by atoms with E-state index in [1.54, 1.807) is 0 Å². The highest BCUT2D eigenvalue weighted by Gasteiger charge is 2.25. The third-order valence-corrected chi connectivity index (χ3v) is 4.20. The third kappa shape index (κ3) is 3.31. The highest BCUT2D eigenvalue weighted by atomic mass is 16.2. The topological polar surface area (TPSA) is 49.6 Å². The lowest BCUT2D eigenvalue weighted by Gasteiger charge is -2.33. The number of carbonyl (C=O) groups is 1. The number of carbonyl (C=O) groups excluding carboxylic acids is 1. The minimum atomic E-state index is 0.137. The molecular weight excluding hydrogens is 250 g/mol. The molecule has 0 radical (unpaired) electrons. The van der Waals surface area contributed by atoms with Crippen LogP contribution in [0.3, 0.4) is 0 Å². The molecule has 1 atom stereocenters. The second kappa shape index (κ2) is 6.27. The Morgan fingerprint density at radius 1 is 1.25 bits per heavy atom. The van der Waals surface area contributed by atoms with Crippen molar-refractivity contribution in [2.75, 3.05) is 32.1 Å². The largest absolute Gasteiger partial charge is 0.378 e. The molecule has 2 N–H and O–H groups in total. The van der Waals surface area contributed by atoms with Crippen LogP contribution < -0.4 is 10.6 Å². The Hall–Kier alpha value is -1.55. The summed E-state index contributed by atoms with van der Waals surface area (Å²) in [6.45, 7) is 3.70. The Bertz CT molecular complexity index is 445. The number of amides is 1. The molecule has 4 heteroatoms. The summed E-state index contributed by atoms with van der Waals surface area (Å²) in [6, 6.07) is 8.03. The summed E-state index contributed by atoms with van der Waals surface area (Å²) in [6.07, 6.45) is 2.03. The van der Waals surface area contributed by atoms with Crippen LogP contribution in [0.25, 0.3) is 0 Å². The Kier molecular flexibility index (Phi) is 4.65. The van der Waals surface area contributed by atoms with Crippen LogP contribution in [0.15, 0.2) is 24.3 Å². The van der Waals surface area contributed by atoms with Crippen molar-refractivity contribution in [3.63, 3.8) is 0 Å². The van der Waals surface area contributed by atoms with Crippen LogP contribution in [0.5, 0.6) is 0 Å². The van der Waals surface area contributed by atoms with Gasteiger partial charge in [-0.25, -0.2) is 0 Å². The Balaban J connectivity index is 1.98. The van der Waals surface area contributed by atoms with Gasteiger partial charge in [0, 0.05) is 44.5 Å². The monoisotopic (exact) mass is 275 g/mol. The average Bonchev–Trinajstić information content (AvgIpc) is 2.46. The van der Waals surface area contributed by atoms with E-state index in [1.807, 2.05) is 48.2 Å². The van der Waals surface area contributed by atoms with E-state index in [2.05, 4.69) is 6.92 Å². The van der Waals surface area contributed by atoms with Crippen molar-refractivity contribution in [1.29, 1.82) is 0 Å². The van der Waals surface area contributed by atoms with Crippen molar-refractivity contribution in [3.8, 4) is 0 Å². The minimum absolute atomic E-state index is 0.137. The first kappa shape index (κ1) is 14.9. The van der Waals surface area contributed by atoms with Gasteiger partial charge in [-0.15, -0.1) is 0 Å². The molecule has 110 valence electrons. The van der Waals surface area contributed by atoms with E-state index in [0.29, 0.717) is 5.92 Å². The zero-order chi connectivity index (χ0) is 14.7. The number of benzene rings is 1. The number of piperidine rings is 1. The molecule has 0 aliphatic carbocycles. The van der Waals surface area contributed by atoms with Gasteiger partial charge in [-0.2, -0.15) is 0 Å². The molecule has 0 spiro atoms. The minimum Gasteiger partial charge on any atom is -0.378 e. The van der Waals surface area contributed by atoms with Gasteiger partial charge in [-0.05, 0) is 49.9 Å². The van der Waals surface area contributed by atoms with E-state index in [0.717, 1.165) is 37.2 Å². The highest BCUT2D eigenvalue weighted by molar-refractivity contribution is 5.94. The molecule has 2 rings (SSSR count). The van der Waals surface area contributed by atoms with Gasteiger partial charge in [0.15, 0.2) is 0 Å². The summed E-state index contributed by atoms with van der Waals surface area (Å²) in [7, 11) is 3.99. The summed E-state index contributed by atoms with van der Waals surface area (Å²) < 4.78 is 0. The van der Waals surface area contributed by atoms with Crippen LogP contribution in [-0.4, -0.2) is 44.0 Å². The first-order valence-corrected chi connectivity index (χ1v) is 7.31. The van der Waals surface area contributed by atoms with E-state index in [-0.39, 0.29) is 11.9 Å². The number of hydrogen-bond donors (Lipinski definition) is 1. The van der Waals surface area contributed by atoms with Gasteiger partial charge in [0.1, 0.15) is 0 Å². The first-order chi connectivity index (χ1) is 9.49. The SMILES string of the molecule is CC(N)C1CCN(C(=O)c2ccc(N(C)C)cc2)CC1. The van der Waals surface area contributed by atoms with Gasteiger partial charge in [0.2, 0.25) is 0 Å². The highest BCUT2D eigenvalue weighted by Crippen LogP contribution is 2.21. The quantitative estimate of drug-likeness (QED) is 0.917. The van der Waals surface area contributed by atoms with Gasteiger partial charge < -0.3 is 15.5 Å². The fraction of sp³-hybridized carbons (Fsp3) is 0.562. The number of nitrogens with zero attached hydrogens (tertiary/aromatic N) is 2. The maximum Gasteiger partial charge on any atom is 0.253 e. The maximum atomic E-state index is 12.4. The van der Waals surface area contributed by atoms with Crippen molar-refractivity contribution < 1.29 is 4.79 Å². The molecule has 0 bridgehead atoms. The summed E-state index contributed by atoms with van der Waals surface area (Å²) in [5.74, 6) is 0.689. The Morgan fingerprint density at radius 2 is 1.80 bits per heavy atom. The first-order valence-electron chi connectivity index (χ1n) is 7.31. The van der Waals surface area contributed by atoms with E-state index in [9.17, 15) is 4.79 Å². The van der Waals surface area contributed by atoms with Crippen molar-refractivity contribution in [2.24, 2.45) is 11.7 Å². The van der Waals surface area contributed by atoms with Crippen molar-refractivity contribution in [3.05, 3.63) is 29.8 Å². The number of hydrogen-bond acceptors (Lipinski definition) is 3. The number of anilines is 1. The van der Waals surface area contributed by atoms with Crippen molar-refractivity contribution >= 4 is 11.6 Å². The standard InChI is InChI=1S/C16H25N3O/c1-12(17)13-8-10-19(11-9-13)16(20)14-4-6-15(7-5-14)18(2)3/h4-7,12-13H,8-11,17H2,1-3H3. The molecule has 0 saturated carbocycles. The predicted molar refractivity (Wildman–Crippen MR) is 83.0 cm³/mol. The zero-order valence-corrected chi connectivity index (χ0v) is 12.7. The van der Waals surface area contributed by atoms with Crippen LogP contribution in [0.1, 0.15) is 30.1 Å². The molecule has 4 nitrogen and oxygen atoms in total. The average molecular weight is 275 g/mol. The second-order valence-electron chi connectivity index (χ2n) is 5.93. The molecule has 1 amide bonds. The van der Waals surface area contributed by atoms with Crippen LogP contribution in [0, 0.1) is 5.92 Å². The van der Waals surface area contributed by atoms with Gasteiger partial charge >= 0.3 is 0 Å². The zero-order valence-electron chi connectivity index (χ0n) is 12.7. The number of nitrogens with two attached hydrogens (primary N) is 1. The van der Waals surface area contributed by atoms with Gasteiger partial charge in [0.05, 0.1) is 0 Å². The third-order valence-electron chi connectivity index (χ3n) is 4.20. The van der Waals surface area contributed by atoms with Crippen LogP contribution in [0.2, 0.25) is 0 Å². The lowest BCUT2D eigenvalue weighted by Crippen LogP contribution is -2.42. The molecule has 1 unspecified atom stereocenters. The van der Waals surface area contributed by atoms with Gasteiger partial charge in [0.25, 0.3) is 5.91 Å². The van der Waals surface area contributed by atoms with E-state index in [1.165, 1.54) is 0 Å². The smallest absolute Gasteiger partial charge is 0.253 e. The summed E-state index contributed by atoms with van der Waals surface area (Å²) in [5.41, 5.74) is 7.82. The van der Waals surface area contributed by atoms with Crippen LogP contribution in [0.4, 0.5) is 5.69 Å². The molecule has 0 aromatic heterocycles. The lowest BCUT2D eigenvalue weighted by molar-refractivity contribution is 0.0681. The number of rotatable bonds is 3. The van der Waals surface area contributed by atoms with Crippen LogP contribution in [-0.2, 0) is 0 Å². The normalized spacial score (nSPS) is 17.9. The van der Waals surface area contributed by atoms with E-state index >= 15 is 0 Å². The second-order valence-corrected chi connectivity index (χ2v) is 5.93. The number of likely N-dealkylation sites (tertiary alicyclic amines) is 1. The summed E-state index contributed by atoms with van der Waals surface area (Å²) in [4.78, 5) is 16.4. The molecule has 1 aromatic carbocycles. The van der Waals surface area contributed by atoms with E-state index < -0.39 is 0 Å². The fourth-order valence-electron chi connectivity index (χ4n) is 2.71.